The zero-order valence-corrected chi connectivity index (χ0v) is 18.3. The van der Waals surface area contributed by atoms with Crippen LogP contribution in [0, 0.1) is 35.5 Å². The fraction of sp³-hybridized carbons (Fsp3) is 1.00. The molecule has 0 bridgehead atoms. The molecule has 27 heavy (non-hydrogen) atoms. The molecule has 0 N–H and O–H groups in total. The van der Waals surface area contributed by atoms with Crippen molar-refractivity contribution in [3.8, 4) is 0 Å². The topological polar surface area (TPSA) is 0 Å². The van der Waals surface area contributed by atoms with Crippen molar-refractivity contribution in [3.63, 3.8) is 0 Å². The summed E-state index contributed by atoms with van der Waals surface area (Å²) in [5.74, 6) is 6.65. The molecule has 156 valence electrons. The first-order valence-corrected chi connectivity index (χ1v) is 13.4. The molecule has 0 nitrogen and oxygen atoms in total. The monoisotopic (exact) mass is 372 g/mol. The van der Waals surface area contributed by atoms with E-state index in [4.69, 9.17) is 0 Å². The van der Waals surface area contributed by atoms with E-state index < -0.39 is 0 Å². The maximum atomic E-state index is 1.66. The van der Waals surface area contributed by atoms with E-state index >= 15 is 0 Å². The third kappa shape index (κ3) is 5.54. The number of rotatable bonds is 6. The lowest BCUT2D eigenvalue weighted by Crippen LogP contribution is -2.35. The summed E-state index contributed by atoms with van der Waals surface area (Å²) in [6.07, 6.45) is 32.8. The van der Waals surface area contributed by atoms with E-state index in [9.17, 15) is 0 Å². The van der Waals surface area contributed by atoms with E-state index in [-0.39, 0.29) is 0 Å². The zero-order valence-electron chi connectivity index (χ0n) is 18.3. The lowest BCUT2D eigenvalue weighted by Gasteiger charge is -2.44. The van der Waals surface area contributed by atoms with Gasteiger partial charge in [-0.2, -0.15) is 0 Å². The Morgan fingerprint density at radius 2 is 0.556 bits per heavy atom. The van der Waals surface area contributed by atoms with Crippen LogP contribution in [0.15, 0.2) is 0 Å². The summed E-state index contributed by atoms with van der Waals surface area (Å²) in [4.78, 5) is 0. The van der Waals surface area contributed by atoms with Gasteiger partial charge in [-0.3, -0.25) is 0 Å². The molecule has 0 aliphatic heterocycles. The number of hydrogen-bond acceptors (Lipinski definition) is 0. The minimum atomic E-state index is 1.11. The molecule has 0 heterocycles. The maximum absolute atomic E-state index is 1.66. The summed E-state index contributed by atoms with van der Waals surface area (Å²) >= 11 is 0. The van der Waals surface area contributed by atoms with Gasteiger partial charge in [-0.1, -0.05) is 128 Å². The van der Waals surface area contributed by atoms with Crippen LogP contribution in [0.5, 0.6) is 0 Å². The van der Waals surface area contributed by atoms with Crippen LogP contribution in [0.1, 0.15) is 135 Å². The van der Waals surface area contributed by atoms with Gasteiger partial charge in [0.2, 0.25) is 0 Å². The Morgan fingerprint density at radius 1 is 0.333 bits per heavy atom. The Morgan fingerprint density at radius 3 is 0.778 bits per heavy atom. The highest BCUT2D eigenvalue weighted by atomic mass is 14.4. The van der Waals surface area contributed by atoms with Gasteiger partial charge in [0, 0.05) is 0 Å². The summed E-state index contributed by atoms with van der Waals surface area (Å²) in [6.45, 7) is 0. The lowest BCUT2D eigenvalue weighted by molar-refractivity contribution is 0.0587. The fourth-order valence-corrected chi connectivity index (χ4v) is 8.10. The highest BCUT2D eigenvalue weighted by Crippen LogP contribution is 2.49. The lowest BCUT2D eigenvalue weighted by atomic mass is 9.61. The summed E-state index contributed by atoms with van der Waals surface area (Å²) in [5, 5.41) is 0. The Kier molecular flexibility index (Phi) is 8.02. The van der Waals surface area contributed by atoms with Gasteiger partial charge in [-0.05, 0) is 41.9 Å². The first-order valence-electron chi connectivity index (χ1n) is 13.4. The van der Waals surface area contributed by atoms with Crippen LogP contribution in [0.3, 0.4) is 0 Å². The van der Waals surface area contributed by atoms with Gasteiger partial charge in [0.15, 0.2) is 0 Å². The van der Waals surface area contributed by atoms with Crippen molar-refractivity contribution in [2.75, 3.05) is 0 Å². The van der Waals surface area contributed by atoms with Crippen molar-refractivity contribution < 1.29 is 0 Å². The molecule has 4 fully saturated rings. The van der Waals surface area contributed by atoms with E-state index in [1.54, 1.807) is 109 Å². The Bertz CT molecular complexity index is 314. The molecule has 0 aromatic rings. The third-order valence-corrected chi connectivity index (χ3v) is 9.57. The highest BCUT2D eigenvalue weighted by Gasteiger charge is 2.38. The van der Waals surface area contributed by atoms with Crippen LogP contribution in [-0.2, 0) is 0 Å². The SMILES string of the molecule is C1CCC(C(CC(C2CCCCC2)C2CCCCC2)C2CCCCC2)CC1. The van der Waals surface area contributed by atoms with E-state index in [0.717, 1.165) is 35.5 Å². The molecule has 0 amide bonds. The second kappa shape index (κ2) is 10.7. The summed E-state index contributed by atoms with van der Waals surface area (Å²) < 4.78 is 0. The van der Waals surface area contributed by atoms with Crippen molar-refractivity contribution in [2.45, 2.75) is 135 Å². The van der Waals surface area contributed by atoms with Gasteiger partial charge >= 0.3 is 0 Å². The van der Waals surface area contributed by atoms with Crippen LogP contribution in [0.4, 0.5) is 0 Å². The van der Waals surface area contributed by atoms with Crippen molar-refractivity contribution >= 4 is 0 Å². The first kappa shape index (κ1) is 20.3. The van der Waals surface area contributed by atoms with Crippen molar-refractivity contribution in [3.05, 3.63) is 0 Å². The first-order chi connectivity index (χ1) is 13.4. The van der Waals surface area contributed by atoms with Crippen molar-refractivity contribution in [1.29, 1.82) is 0 Å². The molecule has 0 unspecified atom stereocenters. The normalized spacial score (nSPS) is 28.2. The van der Waals surface area contributed by atoms with Crippen LogP contribution in [0.2, 0.25) is 0 Å². The van der Waals surface area contributed by atoms with Gasteiger partial charge in [0.25, 0.3) is 0 Å². The zero-order chi connectivity index (χ0) is 18.3. The average molecular weight is 373 g/mol. The van der Waals surface area contributed by atoms with Crippen molar-refractivity contribution in [2.24, 2.45) is 35.5 Å². The summed E-state index contributed by atoms with van der Waals surface area (Å²) in [6, 6.07) is 0. The van der Waals surface area contributed by atoms with Crippen LogP contribution >= 0.6 is 0 Å². The molecule has 0 aromatic heterocycles. The minimum absolute atomic E-state index is 1.11. The van der Waals surface area contributed by atoms with Gasteiger partial charge < -0.3 is 0 Å². The molecule has 4 aliphatic rings. The molecular weight excluding hydrogens is 324 g/mol. The van der Waals surface area contributed by atoms with E-state index in [1.165, 1.54) is 25.7 Å². The third-order valence-electron chi connectivity index (χ3n) is 9.57. The Labute approximate surface area is 170 Å². The molecule has 0 radical (unpaired) electrons. The van der Waals surface area contributed by atoms with Gasteiger partial charge in [0.1, 0.15) is 0 Å². The second-order valence-electron chi connectivity index (χ2n) is 11.2. The van der Waals surface area contributed by atoms with Crippen LogP contribution in [-0.4, -0.2) is 0 Å². The smallest absolute Gasteiger partial charge is 0.0355 e. The number of hydrogen-bond donors (Lipinski definition) is 0. The molecule has 4 saturated carbocycles. The molecule has 0 aromatic carbocycles. The quantitative estimate of drug-likeness (QED) is 0.436. The molecule has 0 atom stereocenters. The molecule has 4 rings (SSSR count). The average Bonchev–Trinajstić information content (AvgIpc) is 2.77. The standard InChI is InChI=1S/C27H48/c1-5-13-22(14-6-1)26(23-15-7-2-8-16-23)21-27(24-17-9-3-10-18-24)25-19-11-4-12-20-25/h22-27H,1-21H2. The van der Waals surface area contributed by atoms with E-state index in [2.05, 4.69) is 0 Å². The Hall–Kier alpha value is 0. The minimum Gasteiger partial charge on any atom is -0.0533 e. The van der Waals surface area contributed by atoms with Gasteiger partial charge in [-0.15, -0.1) is 0 Å². The molecular formula is C27H48. The van der Waals surface area contributed by atoms with E-state index in [0.29, 0.717) is 0 Å². The maximum Gasteiger partial charge on any atom is -0.0355 e. The summed E-state index contributed by atoms with van der Waals surface area (Å²) in [7, 11) is 0. The molecule has 4 aliphatic carbocycles. The Balaban J connectivity index is 1.49. The molecule has 0 saturated heterocycles. The van der Waals surface area contributed by atoms with Crippen LogP contribution < -0.4 is 0 Å². The molecule has 0 spiro atoms. The predicted molar refractivity (Wildman–Crippen MR) is 118 cm³/mol. The molecule has 0 heteroatoms. The van der Waals surface area contributed by atoms with Crippen LogP contribution in [0.25, 0.3) is 0 Å². The second-order valence-corrected chi connectivity index (χ2v) is 11.2. The van der Waals surface area contributed by atoms with Gasteiger partial charge in [0.05, 0.1) is 0 Å². The summed E-state index contributed by atoms with van der Waals surface area (Å²) in [5.41, 5.74) is 0. The fourth-order valence-electron chi connectivity index (χ4n) is 8.10. The van der Waals surface area contributed by atoms with Crippen molar-refractivity contribution in [1.82, 2.24) is 0 Å². The van der Waals surface area contributed by atoms with E-state index in [1.807, 2.05) is 0 Å². The van der Waals surface area contributed by atoms with Gasteiger partial charge in [-0.25, -0.2) is 0 Å². The largest absolute Gasteiger partial charge is 0.0533 e. The highest BCUT2D eigenvalue weighted by molar-refractivity contribution is 4.89. The predicted octanol–water partition coefficient (Wildman–Crippen LogP) is 8.93.